The molecule has 0 aliphatic heterocycles. The van der Waals surface area contributed by atoms with Crippen molar-refractivity contribution in [1.29, 1.82) is 0 Å². The minimum absolute atomic E-state index is 0.164. The summed E-state index contributed by atoms with van der Waals surface area (Å²) in [5, 5.41) is 7.93. The minimum Gasteiger partial charge on any atom is -0.384 e. The van der Waals surface area contributed by atoms with E-state index in [-0.39, 0.29) is 5.41 Å². The molecule has 132 valence electrons. The monoisotopic (exact) mass is 401 g/mol. The van der Waals surface area contributed by atoms with Gasteiger partial charge in [0.05, 0.1) is 0 Å². The molecular weight excluding hydrogens is 378 g/mol. The molecule has 4 fully saturated rings. The lowest BCUT2D eigenvalue weighted by molar-refractivity contribution is 0.0322. The second kappa shape index (κ2) is 5.83. The van der Waals surface area contributed by atoms with Crippen molar-refractivity contribution in [3.63, 3.8) is 0 Å². The number of aromatic nitrogens is 2. The van der Waals surface area contributed by atoms with Crippen molar-refractivity contribution >= 4 is 21.6 Å². The third kappa shape index (κ3) is 2.90. The Bertz CT molecular complexity index is 758. The first-order valence-corrected chi connectivity index (χ1v) is 10.3. The molecule has 0 saturated heterocycles. The van der Waals surface area contributed by atoms with Crippen molar-refractivity contribution in [2.45, 2.75) is 62.7 Å². The van der Waals surface area contributed by atoms with E-state index in [2.05, 4.69) is 50.7 Å². The molecule has 1 aromatic heterocycles. The smallest absolute Gasteiger partial charge is 0.232 e. The highest BCUT2D eigenvalue weighted by Gasteiger charge is 2.52. The van der Waals surface area contributed by atoms with Crippen LogP contribution in [0.4, 0.5) is 5.69 Å². The van der Waals surface area contributed by atoms with E-state index in [1.54, 1.807) is 0 Å². The number of hydrogen-bond donors (Lipinski definition) is 1. The molecule has 4 aliphatic carbocycles. The van der Waals surface area contributed by atoms with Gasteiger partial charge in [-0.25, -0.2) is 0 Å². The van der Waals surface area contributed by atoms with E-state index in [0.29, 0.717) is 11.3 Å². The van der Waals surface area contributed by atoms with Crippen molar-refractivity contribution < 1.29 is 4.52 Å². The van der Waals surface area contributed by atoms with Gasteiger partial charge in [-0.05, 0) is 75.0 Å². The molecule has 4 saturated carbocycles. The van der Waals surface area contributed by atoms with Crippen LogP contribution in [0.1, 0.15) is 69.0 Å². The largest absolute Gasteiger partial charge is 0.384 e. The second-order valence-corrected chi connectivity index (χ2v) is 9.29. The van der Waals surface area contributed by atoms with Crippen LogP contribution in [0.2, 0.25) is 0 Å². The van der Waals surface area contributed by atoms with Gasteiger partial charge in [-0.2, -0.15) is 4.98 Å². The van der Waals surface area contributed by atoms with Crippen molar-refractivity contribution in [3.05, 3.63) is 40.5 Å². The molecule has 1 aromatic carbocycles. The molecule has 1 N–H and O–H groups in total. The summed E-state index contributed by atoms with van der Waals surface area (Å²) < 4.78 is 6.85. The average Bonchev–Trinajstić information content (AvgIpc) is 3.38. The number of hydrogen-bond acceptors (Lipinski definition) is 4. The Morgan fingerprint density at radius 1 is 1.12 bits per heavy atom. The summed E-state index contributed by atoms with van der Waals surface area (Å²) in [6.45, 7) is 1.07. The normalized spacial score (nSPS) is 31.2. The first-order valence-electron chi connectivity index (χ1n) is 9.50. The molecule has 2 aromatic rings. The van der Waals surface area contributed by atoms with Gasteiger partial charge in [-0.3, -0.25) is 0 Å². The van der Waals surface area contributed by atoms with E-state index in [9.17, 15) is 0 Å². The molecule has 0 radical (unpaired) electrons. The van der Waals surface area contributed by atoms with Crippen molar-refractivity contribution in [2.75, 3.05) is 11.9 Å². The Balaban J connectivity index is 1.26. The van der Waals surface area contributed by atoms with Crippen LogP contribution < -0.4 is 5.32 Å². The lowest BCUT2D eigenvalue weighted by Crippen LogP contribution is -2.47. The summed E-state index contributed by atoms with van der Waals surface area (Å²) in [6.07, 6.45) is 9.82. The highest BCUT2D eigenvalue weighted by Crippen LogP contribution is 2.57. The maximum Gasteiger partial charge on any atom is 0.232 e. The van der Waals surface area contributed by atoms with Gasteiger partial charge in [0.25, 0.3) is 0 Å². The molecule has 6 rings (SSSR count). The predicted molar refractivity (Wildman–Crippen MR) is 101 cm³/mol. The molecule has 0 unspecified atom stereocenters. The lowest BCUT2D eigenvalue weighted by atomic mass is 9.53. The SMILES string of the molecule is Brc1cccc(NCC23CCC(c4nc(C5CC5)no4)(CC2)CC3)c1. The number of benzene rings is 1. The fourth-order valence-electron chi connectivity index (χ4n) is 4.69. The van der Waals surface area contributed by atoms with Gasteiger partial charge in [-0.15, -0.1) is 0 Å². The zero-order valence-electron chi connectivity index (χ0n) is 14.4. The number of nitrogens with zero attached hydrogens (tertiary/aromatic N) is 2. The highest BCUT2D eigenvalue weighted by atomic mass is 79.9. The van der Waals surface area contributed by atoms with Crippen molar-refractivity contribution in [3.8, 4) is 0 Å². The lowest BCUT2D eigenvalue weighted by Gasteiger charge is -2.52. The van der Waals surface area contributed by atoms with E-state index in [4.69, 9.17) is 9.51 Å². The van der Waals surface area contributed by atoms with Crippen molar-refractivity contribution in [2.24, 2.45) is 5.41 Å². The predicted octanol–water partition coefficient (Wildman–Crippen LogP) is 5.41. The summed E-state index contributed by atoms with van der Waals surface area (Å²) in [5.74, 6) is 2.47. The Hall–Kier alpha value is -1.36. The molecule has 25 heavy (non-hydrogen) atoms. The zero-order valence-corrected chi connectivity index (χ0v) is 16.0. The first kappa shape index (κ1) is 15.9. The van der Waals surface area contributed by atoms with Crippen LogP contribution in [0, 0.1) is 5.41 Å². The van der Waals surface area contributed by atoms with Crippen LogP contribution in [0.5, 0.6) is 0 Å². The summed E-state index contributed by atoms with van der Waals surface area (Å²) in [5.41, 5.74) is 1.80. The Labute approximate surface area is 156 Å². The third-order valence-corrected chi connectivity index (χ3v) is 7.22. The van der Waals surface area contributed by atoms with Crippen molar-refractivity contribution in [1.82, 2.24) is 10.1 Å². The van der Waals surface area contributed by atoms with Gasteiger partial charge in [0.15, 0.2) is 5.82 Å². The molecule has 4 nitrogen and oxygen atoms in total. The van der Waals surface area contributed by atoms with Gasteiger partial charge in [-0.1, -0.05) is 27.2 Å². The van der Waals surface area contributed by atoms with Gasteiger partial charge in [0.2, 0.25) is 5.89 Å². The highest BCUT2D eigenvalue weighted by molar-refractivity contribution is 9.10. The Kier molecular flexibility index (Phi) is 3.70. The van der Waals surface area contributed by atoms with Crippen LogP contribution in [0.3, 0.4) is 0 Å². The molecule has 1 heterocycles. The van der Waals surface area contributed by atoms with E-state index >= 15 is 0 Å². The van der Waals surface area contributed by atoms with Gasteiger partial charge < -0.3 is 9.84 Å². The van der Waals surface area contributed by atoms with Crippen LogP contribution >= 0.6 is 15.9 Å². The first-order chi connectivity index (χ1) is 12.2. The standard InChI is InChI=1S/C20H24BrN3O/c21-15-2-1-3-16(12-15)22-13-19-6-9-20(10-7-19,11-8-19)18-23-17(24-25-18)14-4-5-14/h1-3,12,14,22H,4-11,13H2. The summed E-state index contributed by atoms with van der Waals surface area (Å²) >= 11 is 3.55. The van der Waals surface area contributed by atoms with Crippen LogP contribution in [0.25, 0.3) is 0 Å². The molecule has 0 amide bonds. The van der Waals surface area contributed by atoms with Gasteiger partial charge >= 0.3 is 0 Å². The number of anilines is 1. The average molecular weight is 402 g/mol. The minimum atomic E-state index is 0.164. The van der Waals surface area contributed by atoms with E-state index in [1.165, 1.54) is 57.1 Å². The molecule has 4 aliphatic rings. The summed E-state index contributed by atoms with van der Waals surface area (Å²) in [4.78, 5) is 4.79. The topological polar surface area (TPSA) is 51.0 Å². The molecular formula is C20H24BrN3O. The Morgan fingerprint density at radius 2 is 1.88 bits per heavy atom. The number of fused-ring (bicyclic) bond motifs is 3. The maximum absolute atomic E-state index is 5.72. The number of nitrogens with one attached hydrogen (secondary N) is 1. The quantitative estimate of drug-likeness (QED) is 0.726. The van der Waals surface area contributed by atoms with E-state index in [0.717, 1.165) is 22.7 Å². The van der Waals surface area contributed by atoms with Gasteiger partial charge in [0, 0.05) is 28.0 Å². The second-order valence-electron chi connectivity index (χ2n) is 8.38. The van der Waals surface area contributed by atoms with Crippen LogP contribution in [-0.2, 0) is 5.41 Å². The fourth-order valence-corrected chi connectivity index (χ4v) is 5.09. The molecule has 0 atom stereocenters. The fraction of sp³-hybridized carbons (Fsp3) is 0.600. The summed E-state index contributed by atoms with van der Waals surface area (Å²) in [6, 6.07) is 8.46. The van der Waals surface area contributed by atoms with Crippen LogP contribution in [-0.4, -0.2) is 16.7 Å². The molecule has 5 heteroatoms. The van der Waals surface area contributed by atoms with Gasteiger partial charge in [0.1, 0.15) is 0 Å². The van der Waals surface area contributed by atoms with E-state index < -0.39 is 0 Å². The summed E-state index contributed by atoms with van der Waals surface area (Å²) in [7, 11) is 0. The maximum atomic E-state index is 5.72. The molecule has 2 bridgehead atoms. The van der Waals surface area contributed by atoms with Crippen LogP contribution in [0.15, 0.2) is 33.3 Å². The number of halogens is 1. The number of rotatable bonds is 5. The molecule has 0 spiro atoms. The zero-order chi connectivity index (χ0) is 16.9. The Morgan fingerprint density at radius 3 is 2.56 bits per heavy atom. The van der Waals surface area contributed by atoms with E-state index in [1.807, 2.05) is 0 Å². The third-order valence-electron chi connectivity index (χ3n) is 6.73.